The number of fused-ring (bicyclic) bond motifs is 13. The van der Waals surface area contributed by atoms with Crippen LogP contribution in [0.1, 0.15) is 49.7 Å². The van der Waals surface area contributed by atoms with E-state index in [0.29, 0.717) is 38.1 Å². The standard InChI is InChI=1S/C30H40N6O6S/c1-17(2)26-30(41)36-13-5-6-23(36)29(40)33-19(4)27(38)34-22(28(39)31-12-11-24-18(3)32-16-43-24)14-20-7-9-21(10-8-20)42-15-25(37)35-26/h7-10,16-17,19,22-23,26H,5-6,11-15H2,1-4H3,(H,31,39)(H,33,40)(H,34,38)(H,35,37)/t19-,22-,23-,26+/m0/s1. The molecule has 1 saturated heterocycles. The van der Waals surface area contributed by atoms with Crippen LogP contribution in [0, 0.1) is 12.8 Å². The monoisotopic (exact) mass is 612 g/mol. The summed E-state index contributed by atoms with van der Waals surface area (Å²) in [5.41, 5.74) is 3.45. The highest BCUT2D eigenvalue weighted by Gasteiger charge is 2.39. The molecule has 0 radical (unpaired) electrons. The second-order valence-electron chi connectivity index (χ2n) is 11.3. The molecule has 4 heterocycles. The van der Waals surface area contributed by atoms with Gasteiger partial charge in [-0.3, -0.25) is 24.0 Å². The van der Waals surface area contributed by atoms with Crippen LogP contribution in [-0.4, -0.2) is 83.3 Å². The number of ether oxygens (including phenoxy) is 1. The number of amides is 5. The minimum atomic E-state index is -0.960. The van der Waals surface area contributed by atoms with Gasteiger partial charge in [0, 0.05) is 30.8 Å². The van der Waals surface area contributed by atoms with Gasteiger partial charge in [0.05, 0.1) is 11.2 Å². The number of carbonyl (C=O) groups excluding carboxylic acids is 5. The number of hydrogen-bond donors (Lipinski definition) is 4. The first-order valence-electron chi connectivity index (χ1n) is 14.6. The molecule has 2 aromatic rings. The lowest BCUT2D eigenvalue weighted by molar-refractivity contribution is -0.143. The number of aryl methyl sites for hydroxylation is 1. The first-order valence-corrected chi connectivity index (χ1v) is 15.5. The van der Waals surface area contributed by atoms with Crippen LogP contribution in [-0.2, 0) is 36.8 Å². The fourth-order valence-electron chi connectivity index (χ4n) is 5.19. The zero-order chi connectivity index (χ0) is 31.1. The quantitative estimate of drug-likeness (QED) is 0.390. The lowest BCUT2D eigenvalue weighted by atomic mass is 10.0. The Morgan fingerprint density at radius 3 is 2.53 bits per heavy atom. The predicted octanol–water partition coefficient (Wildman–Crippen LogP) is 0.867. The van der Waals surface area contributed by atoms with Gasteiger partial charge >= 0.3 is 0 Å². The highest BCUT2D eigenvalue weighted by atomic mass is 32.1. The molecule has 0 unspecified atom stereocenters. The van der Waals surface area contributed by atoms with E-state index in [0.717, 1.165) is 16.1 Å². The first kappa shape index (κ1) is 31.9. The molecule has 1 aromatic carbocycles. The maximum atomic E-state index is 13.5. The summed E-state index contributed by atoms with van der Waals surface area (Å²) in [5, 5.41) is 11.2. The Balaban J connectivity index is 1.54. The van der Waals surface area contributed by atoms with Crippen molar-refractivity contribution in [1.29, 1.82) is 0 Å². The summed E-state index contributed by atoms with van der Waals surface area (Å²) in [6.45, 7) is 7.55. The van der Waals surface area contributed by atoms with E-state index in [1.807, 2.05) is 20.8 Å². The molecular weight excluding hydrogens is 572 g/mol. The summed E-state index contributed by atoms with van der Waals surface area (Å²) in [7, 11) is 0. The van der Waals surface area contributed by atoms with Gasteiger partial charge in [0.2, 0.25) is 23.6 Å². The van der Waals surface area contributed by atoms with Crippen LogP contribution in [0.2, 0.25) is 0 Å². The van der Waals surface area contributed by atoms with E-state index in [-0.39, 0.29) is 30.8 Å². The molecule has 1 aromatic heterocycles. The van der Waals surface area contributed by atoms with Gasteiger partial charge in [-0.25, -0.2) is 4.98 Å². The molecule has 3 aliphatic heterocycles. The van der Waals surface area contributed by atoms with Crippen LogP contribution < -0.4 is 26.0 Å². The average Bonchev–Trinajstić information content (AvgIpc) is 3.63. The molecule has 0 aliphatic carbocycles. The summed E-state index contributed by atoms with van der Waals surface area (Å²) in [6, 6.07) is 3.40. The normalized spacial score (nSPS) is 23.8. The summed E-state index contributed by atoms with van der Waals surface area (Å²) in [6.07, 6.45) is 1.86. The lowest BCUT2D eigenvalue weighted by Gasteiger charge is -2.31. The van der Waals surface area contributed by atoms with Crippen molar-refractivity contribution in [2.45, 2.75) is 77.5 Å². The van der Waals surface area contributed by atoms with E-state index in [4.69, 9.17) is 4.74 Å². The van der Waals surface area contributed by atoms with E-state index in [1.165, 1.54) is 16.2 Å². The molecule has 5 rings (SSSR count). The fraction of sp³-hybridized carbons (Fsp3) is 0.533. The number of nitrogens with zero attached hydrogens (tertiary/aromatic N) is 2. The van der Waals surface area contributed by atoms with E-state index in [9.17, 15) is 24.0 Å². The number of hydrogen-bond acceptors (Lipinski definition) is 8. The molecule has 43 heavy (non-hydrogen) atoms. The number of aromatic nitrogens is 1. The molecule has 4 N–H and O–H groups in total. The Kier molecular flexibility index (Phi) is 10.7. The number of rotatable bonds is 5. The van der Waals surface area contributed by atoms with Gasteiger partial charge < -0.3 is 30.9 Å². The van der Waals surface area contributed by atoms with Gasteiger partial charge in [0.15, 0.2) is 6.61 Å². The lowest BCUT2D eigenvalue weighted by Crippen LogP contribution is -2.58. The molecule has 12 nitrogen and oxygen atoms in total. The number of nitrogens with one attached hydrogen (secondary N) is 4. The molecule has 232 valence electrons. The summed E-state index contributed by atoms with van der Waals surface area (Å²) in [5.74, 6) is -1.93. The van der Waals surface area contributed by atoms with Gasteiger partial charge in [-0.2, -0.15) is 0 Å². The highest BCUT2D eigenvalue weighted by Crippen LogP contribution is 2.21. The third-order valence-corrected chi connectivity index (χ3v) is 8.70. The molecule has 4 atom stereocenters. The topological polar surface area (TPSA) is 159 Å². The molecule has 13 heteroatoms. The van der Waals surface area contributed by atoms with E-state index < -0.39 is 41.9 Å². The largest absolute Gasteiger partial charge is 0.484 e. The molecule has 3 aliphatic rings. The van der Waals surface area contributed by atoms with Crippen LogP contribution >= 0.6 is 11.3 Å². The van der Waals surface area contributed by atoms with Crippen molar-refractivity contribution in [3.63, 3.8) is 0 Å². The van der Waals surface area contributed by atoms with Crippen molar-refractivity contribution in [2.75, 3.05) is 19.7 Å². The summed E-state index contributed by atoms with van der Waals surface area (Å²) >= 11 is 1.52. The smallest absolute Gasteiger partial charge is 0.258 e. The second kappa shape index (κ2) is 14.5. The Hall–Kier alpha value is -4.00. The van der Waals surface area contributed by atoms with Gasteiger partial charge in [-0.1, -0.05) is 26.0 Å². The number of carbonyl (C=O) groups is 5. The molecule has 0 saturated carbocycles. The second-order valence-corrected chi connectivity index (χ2v) is 12.2. The predicted molar refractivity (Wildman–Crippen MR) is 160 cm³/mol. The molecule has 2 bridgehead atoms. The minimum absolute atomic E-state index is 0.194. The van der Waals surface area contributed by atoms with Crippen molar-refractivity contribution in [3.8, 4) is 5.75 Å². The average molecular weight is 613 g/mol. The van der Waals surface area contributed by atoms with Crippen molar-refractivity contribution < 1.29 is 28.7 Å². The molecular formula is C30H40N6O6S. The van der Waals surface area contributed by atoms with E-state index in [1.54, 1.807) is 36.7 Å². The molecule has 1 fully saturated rings. The Labute approximate surface area is 255 Å². The van der Waals surface area contributed by atoms with E-state index in [2.05, 4.69) is 26.3 Å². The van der Waals surface area contributed by atoms with Crippen LogP contribution in [0.4, 0.5) is 0 Å². The van der Waals surface area contributed by atoms with Crippen LogP contribution in [0.25, 0.3) is 0 Å². The van der Waals surface area contributed by atoms with Crippen LogP contribution in [0.5, 0.6) is 5.75 Å². The van der Waals surface area contributed by atoms with Crippen molar-refractivity contribution >= 4 is 40.9 Å². The van der Waals surface area contributed by atoms with Crippen LogP contribution in [0.3, 0.4) is 0 Å². The van der Waals surface area contributed by atoms with Gasteiger partial charge in [-0.15, -0.1) is 11.3 Å². The van der Waals surface area contributed by atoms with Gasteiger partial charge in [0.1, 0.15) is 29.9 Å². The fourth-order valence-corrected chi connectivity index (χ4v) is 5.97. The zero-order valence-electron chi connectivity index (χ0n) is 25.0. The Morgan fingerprint density at radius 2 is 1.86 bits per heavy atom. The Morgan fingerprint density at radius 1 is 1.12 bits per heavy atom. The minimum Gasteiger partial charge on any atom is -0.484 e. The third kappa shape index (κ3) is 8.31. The van der Waals surface area contributed by atoms with E-state index >= 15 is 0 Å². The maximum Gasteiger partial charge on any atom is 0.258 e. The van der Waals surface area contributed by atoms with Crippen molar-refractivity contribution in [3.05, 3.63) is 45.9 Å². The SMILES string of the molecule is Cc1ncsc1CCNC(=O)[C@@H]1Cc2ccc(cc2)OCC(=O)N[C@H](C(C)C)C(=O)N2CCC[C@H]2C(=O)N[C@@H](C)C(=O)N1. The third-order valence-electron chi connectivity index (χ3n) is 7.70. The maximum absolute atomic E-state index is 13.5. The number of thiazole rings is 1. The summed E-state index contributed by atoms with van der Waals surface area (Å²) in [4.78, 5) is 72.8. The van der Waals surface area contributed by atoms with Crippen LogP contribution in [0.15, 0.2) is 29.8 Å². The number of benzene rings is 1. The van der Waals surface area contributed by atoms with Gasteiger partial charge in [0.25, 0.3) is 5.91 Å². The first-order chi connectivity index (χ1) is 20.5. The molecule has 5 amide bonds. The summed E-state index contributed by atoms with van der Waals surface area (Å²) < 4.78 is 5.65. The van der Waals surface area contributed by atoms with Crippen molar-refractivity contribution in [2.24, 2.45) is 5.92 Å². The zero-order valence-corrected chi connectivity index (χ0v) is 25.8. The highest BCUT2D eigenvalue weighted by molar-refractivity contribution is 7.09. The Bertz CT molecular complexity index is 1330. The van der Waals surface area contributed by atoms with Crippen molar-refractivity contribution in [1.82, 2.24) is 31.2 Å². The molecule has 0 spiro atoms. The van der Waals surface area contributed by atoms with Gasteiger partial charge in [-0.05, 0) is 50.3 Å².